The van der Waals surface area contributed by atoms with E-state index in [0.717, 1.165) is 31.6 Å². The van der Waals surface area contributed by atoms with Gasteiger partial charge < -0.3 is 4.90 Å². The maximum Gasteiger partial charge on any atom is 0.246 e. The molecule has 2 saturated heterocycles. The minimum Gasteiger partial charge on any atom is -0.342 e. The molecule has 0 bridgehead atoms. The summed E-state index contributed by atoms with van der Waals surface area (Å²) in [5.74, 6) is 0.137. The molecule has 2 aliphatic rings. The van der Waals surface area contributed by atoms with Gasteiger partial charge in [-0.1, -0.05) is 18.2 Å². The molecule has 2 aromatic rings. The number of sulfonamides is 1. The van der Waals surface area contributed by atoms with Gasteiger partial charge in [-0.15, -0.1) is 0 Å². The molecule has 0 unspecified atom stereocenters. The van der Waals surface area contributed by atoms with E-state index in [4.69, 9.17) is 0 Å². The number of piperidine rings is 1. The van der Waals surface area contributed by atoms with Crippen LogP contribution in [0.1, 0.15) is 37.1 Å². The molecule has 2 aliphatic heterocycles. The molecule has 7 nitrogen and oxygen atoms in total. The van der Waals surface area contributed by atoms with E-state index in [1.165, 1.54) is 4.31 Å². The number of carbonyl (C=O) groups excluding carboxylic acids is 1. The van der Waals surface area contributed by atoms with Gasteiger partial charge in [0, 0.05) is 32.1 Å². The second-order valence-corrected chi connectivity index (χ2v) is 9.83. The van der Waals surface area contributed by atoms with Crippen LogP contribution >= 0.6 is 0 Å². The normalized spacial score (nSPS) is 19.0. The van der Waals surface area contributed by atoms with Crippen LogP contribution in [-0.4, -0.2) is 59.5 Å². The summed E-state index contributed by atoms with van der Waals surface area (Å²) in [6.07, 6.45) is 3.31. The lowest BCUT2D eigenvalue weighted by molar-refractivity contribution is -0.135. The lowest BCUT2D eigenvalue weighted by Crippen LogP contribution is -2.43. The summed E-state index contributed by atoms with van der Waals surface area (Å²) in [6, 6.07) is 9.54. The number of likely N-dealkylation sites (tertiary alicyclic amines) is 1. The summed E-state index contributed by atoms with van der Waals surface area (Å²) in [7, 11) is -3.65. The topological polar surface area (TPSA) is 75.5 Å². The van der Waals surface area contributed by atoms with E-state index in [0.29, 0.717) is 37.3 Å². The van der Waals surface area contributed by atoms with Gasteiger partial charge in [-0.05, 0) is 51.7 Å². The highest BCUT2D eigenvalue weighted by atomic mass is 32.2. The molecule has 0 N–H and O–H groups in total. The molecule has 156 valence electrons. The van der Waals surface area contributed by atoms with Crippen molar-refractivity contribution in [2.45, 2.75) is 44.4 Å². The summed E-state index contributed by atoms with van der Waals surface area (Å²) in [4.78, 5) is 14.9. The molecule has 3 heterocycles. The molecule has 4 rings (SSSR count). The number of hydrogen-bond acceptors (Lipinski definition) is 4. The average Bonchev–Trinajstić information content (AvgIpc) is 3.36. The first-order chi connectivity index (χ1) is 13.9. The summed E-state index contributed by atoms with van der Waals surface area (Å²) in [6.45, 7) is 5.97. The predicted molar refractivity (Wildman–Crippen MR) is 110 cm³/mol. The molecule has 2 fully saturated rings. The Hall–Kier alpha value is -2.19. The predicted octanol–water partition coefficient (Wildman–Crippen LogP) is 2.51. The Bertz CT molecular complexity index is 986. The molecule has 1 aromatic carbocycles. The smallest absolute Gasteiger partial charge is 0.246 e. The van der Waals surface area contributed by atoms with Crippen LogP contribution in [0.3, 0.4) is 0 Å². The minimum absolute atomic E-state index is 0.0613. The molecular weight excluding hydrogens is 388 g/mol. The van der Waals surface area contributed by atoms with E-state index < -0.39 is 10.0 Å². The average molecular weight is 417 g/mol. The molecule has 1 amide bonds. The standard InChI is InChI=1S/C21H28N4O3S/c1-16-20(17(2)25(22-16)19-8-4-3-5-9-19)29(27,28)24-14-10-18(11-15-24)21(26)23-12-6-7-13-23/h3-5,8-9,18H,6-7,10-15H2,1-2H3. The van der Waals surface area contributed by atoms with Crippen molar-refractivity contribution in [1.82, 2.24) is 19.0 Å². The molecular formula is C21H28N4O3S. The van der Waals surface area contributed by atoms with Crippen molar-refractivity contribution in [1.29, 1.82) is 0 Å². The number of aryl methyl sites for hydroxylation is 1. The van der Waals surface area contributed by atoms with Crippen LogP contribution in [0, 0.1) is 19.8 Å². The fraction of sp³-hybridized carbons (Fsp3) is 0.524. The van der Waals surface area contributed by atoms with Crippen molar-refractivity contribution in [3.8, 4) is 5.69 Å². The summed E-state index contributed by atoms with van der Waals surface area (Å²) in [5.41, 5.74) is 1.95. The Kier molecular flexibility index (Phi) is 5.48. The number of rotatable bonds is 4. The maximum absolute atomic E-state index is 13.4. The van der Waals surface area contributed by atoms with Gasteiger partial charge in [-0.2, -0.15) is 9.40 Å². The molecule has 0 radical (unpaired) electrons. The number of carbonyl (C=O) groups is 1. The Labute approximate surface area is 172 Å². The van der Waals surface area contributed by atoms with Gasteiger partial charge in [0.2, 0.25) is 15.9 Å². The number of amides is 1. The lowest BCUT2D eigenvalue weighted by atomic mass is 9.97. The van der Waals surface area contributed by atoms with Crippen molar-refractivity contribution < 1.29 is 13.2 Å². The van der Waals surface area contributed by atoms with Crippen molar-refractivity contribution >= 4 is 15.9 Å². The minimum atomic E-state index is -3.65. The van der Waals surface area contributed by atoms with E-state index in [-0.39, 0.29) is 16.7 Å². The molecule has 0 saturated carbocycles. The van der Waals surface area contributed by atoms with Gasteiger partial charge in [-0.25, -0.2) is 13.1 Å². The van der Waals surface area contributed by atoms with Gasteiger partial charge in [0.25, 0.3) is 0 Å². The van der Waals surface area contributed by atoms with Gasteiger partial charge in [0.1, 0.15) is 4.90 Å². The first kappa shape index (κ1) is 20.1. The fourth-order valence-electron chi connectivity index (χ4n) is 4.49. The van der Waals surface area contributed by atoms with Crippen LogP contribution in [0.5, 0.6) is 0 Å². The number of benzene rings is 1. The Morgan fingerprint density at radius 3 is 2.24 bits per heavy atom. The van der Waals surface area contributed by atoms with Crippen LogP contribution in [-0.2, 0) is 14.8 Å². The van der Waals surface area contributed by atoms with Crippen molar-refractivity contribution in [2.75, 3.05) is 26.2 Å². The second-order valence-electron chi connectivity index (χ2n) is 7.96. The van der Waals surface area contributed by atoms with Gasteiger partial charge in [0.05, 0.1) is 17.1 Å². The van der Waals surface area contributed by atoms with Gasteiger partial charge in [0.15, 0.2) is 0 Å². The van der Waals surface area contributed by atoms with Crippen LogP contribution in [0.4, 0.5) is 0 Å². The van der Waals surface area contributed by atoms with Crippen molar-refractivity contribution in [2.24, 2.45) is 5.92 Å². The molecule has 29 heavy (non-hydrogen) atoms. The molecule has 0 spiro atoms. The lowest BCUT2D eigenvalue weighted by Gasteiger charge is -2.32. The molecule has 0 atom stereocenters. The third kappa shape index (κ3) is 3.71. The highest BCUT2D eigenvalue weighted by molar-refractivity contribution is 7.89. The quantitative estimate of drug-likeness (QED) is 0.768. The molecule has 1 aromatic heterocycles. The van der Waals surface area contributed by atoms with E-state index >= 15 is 0 Å². The van der Waals surface area contributed by atoms with Crippen molar-refractivity contribution in [3.05, 3.63) is 41.7 Å². The number of aromatic nitrogens is 2. The number of nitrogens with zero attached hydrogens (tertiary/aromatic N) is 4. The Morgan fingerprint density at radius 2 is 1.62 bits per heavy atom. The third-order valence-electron chi connectivity index (χ3n) is 6.04. The van der Waals surface area contributed by atoms with E-state index in [2.05, 4.69) is 5.10 Å². The summed E-state index contributed by atoms with van der Waals surface area (Å²) < 4.78 is 30.0. The highest BCUT2D eigenvalue weighted by Crippen LogP contribution is 2.30. The van der Waals surface area contributed by atoms with Crippen LogP contribution in [0.2, 0.25) is 0 Å². The summed E-state index contributed by atoms with van der Waals surface area (Å²) in [5, 5.41) is 4.49. The van der Waals surface area contributed by atoms with Gasteiger partial charge in [-0.3, -0.25) is 4.79 Å². The second kappa shape index (κ2) is 7.91. The first-order valence-electron chi connectivity index (χ1n) is 10.3. The summed E-state index contributed by atoms with van der Waals surface area (Å²) >= 11 is 0. The number of para-hydroxylation sites is 1. The third-order valence-corrected chi connectivity index (χ3v) is 8.20. The zero-order chi connectivity index (χ0) is 20.6. The number of hydrogen-bond donors (Lipinski definition) is 0. The van der Waals surface area contributed by atoms with E-state index in [1.54, 1.807) is 18.5 Å². The van der Waals surface area contributed by atoms with Crippen LogP contribution in [0.15, 0.2) is 35.2 Å². The monoisotopic (exact) mass is 416 g/mol. The Morgan fingerprint density at radius 1 is 1.00 bits per heavy atom. The van der Waals surface area contributed by atoms with Crippen molar-refractivity contribution in [3.63, 3.8) is 0 Å². The zero-order valence-corrected chi connectivity index (χ0v) is 17.9. The molecule has 8 heteroatoms. The zero-order valence-electron chi connectivity index (χ0n) is 17.0. The van der Waals surface area contributed by atoms with Crippen LogP contribution < -0.4 is 0 Å². The fourth-order valence-corrected chi connectivity index (χ4v) is 6.31. The van der Waals surface area contributed by atoms with Gasteiger partial charge >= 0.3 is 0 Å². The van der Waals surface area contributed by atoms with E-state index in [1.807, 2.05) is 35.2 Å². The largest absolute Gasteiger partial charge is 0.342 e. The Balaban J connectivity index is 1.53. The first-order valence-corrected chi connectivity index (χ1v) is 11.7. The van der Waals surface area contributed by atoms with Crippen LogP contribution in [0.25, 0.3) is 5.69 Å². The highest BCUT2D eigenvalue weighted by Gasteiger charge is 2.36. The van der Waals surface area contributed by atoms with E-state index in [9.17, 15) is 13.2 Å². The maximum atomic E-state index is 13.4. The molecule has 0 aliphatic carbocycles. The SMILES string of the molecule is Cc1nn(-c2ccccc2)c(C)c1S(=O)(=O)N1CCC(C(=O)N2CCCC2)CC1.